The molecule has 2 aliphatic carbocycles. The van der Waals surface area contributed by atoms with E-state index in [1.807, 2.05) is 0 Å². The van der Waals surface area contributed by atoms with Crippen LogP contribution in [-0.4, -0.2) is 13.2 Å². The number of fused-ring (bicyclic) bond motifs is 2. The lowest BCUT2D eigenvalue weighted by atomic mass is 9.85. The molecule has 0 heterocycles. The highest BCUT2D eigenvalue weighted by Gasteiger charge is 2.26. The molecule has 0 amide bonds. The van der Waals surface area contributed by atoms with Crippen molar-refractivity contribution in [3.05, 3.63) is 70.8 Å². The normalized spacial score (nSPS) is 21.5. The van der Waals surface area contributed by atoms with Crippen LogP contribution in [0.15, 0.2) is 48.5 Å². The highest BCUT2D eigenvalue weighted by molar-refractivity contribution is 5.38. The van der Waals surface area contributed by atoms with Gasteiger partial charge in [0.15, 0.2) is 0 Å². The van der Waals surface area contributed by atoms with Crippen LogP contribution in [0.1, 0.15) is 47.3 Å². The highest BCUT2D eigenvalue weighted by Crippen LogP contribution is 2.36. The monoisotopic (exact) mass is 294 g/mol. The third-order valence-corrected chi connectivity index (χ3v) is 4.79. The first-order chi connectivity index (χ1) is 10.9. The Labute approximate surface area is 132 Å². The van der Waals surface area contributed by atoms with Crippen LogP contribution in [0.2, 0.25) is 0 Å². The first kappa shape index (κ1) is 14.0. The molecule has 0 saturated heterocycles. The van der Waals surface area contributed by atoms with Crippen LogP contribution in [0.3, 0.4) is 0 Å². The first-order valence-corrected chi connectivity index (χ1v) is 8.30. The van der Waals surface area contributed by atoms with E-state index in [4.69, 9.17) is 9.47 Å². The molecule has 0 bridgehead atoms. The Balaban J connectivity index is 1.11. The Morgan fingerprint density at radius 1 is 0.682 bits per heavy atom. The topological polar surface area (TPSA) is 18.5 Å². The molecule has 4 rings (SSSR count). The second-order valence-electron chi connectivity index (χ2n) is 6.23. The van der Waals surface area contributed by atoms with E-state index in [1.54, 1.807) is 0 Å². The fourth-order valence-corrected chi connectivity index (χ4v) is 3.38. The second kappa shape index (κ2) is 6.23. The molecule has 0 aromatic heterocycles. The number of hydrogen-bond donors (Lipinski definition) is 0. The molecule has 2 atom stereocenters. The predicted octanol–water partition coefficient (Wildman–Crippen LogP) is 4.39. The molecule has 2 unspecified atom stereocenters. The van der Waals surface area contributed by atoms with E-state index in [2.05, 4.69) is 48.5 Å². The van der Waals surface area contributed by atoms with Gasteiger partial charge in [-0.3, -0.25) is 0 Å². The van der Waals surface area contributed by atoms with Gasteiger partial charge in [-0.1, -0.05) is 48.5 Å². The largest absolute Gasteiger partial charge is 0.373 e. The van der Waals surface area contributed by atoms with Gasteiger partial charge in [-0.25, -0.2) is 0 Å². The van der Waals surface area contributed by atoms with Gasteiger partial charge in [0.05, 0.1) is 12.2 Å². The molecule has 0 radical (unpaired) electrons. The molecule has 0 aliphatic heterocycles. The van der Waals surface area contributed by atoms with Crippen molar-refractivity contribution < 1.29 is 9.47 Å². The van der Waals surface area contributed by atoms with Gasteiger partial charge in [0.2, 0.25) is 0 Å². The van der Waals surface area contributed by atoms with Gasteiger partial charge in [0.1, 0.15) is 0 Å². The fraction of sp³-hybridized carbons (Fsp3) is 0.400. The Bertz CT molecular complexity index is 592. The van der Waals surface area contributed by atoms with Gasteiger partial charge in [-0.15, -0.1) is 0 Å². The van der Waals surface area contributed by atoms with Crippen LogP contribution >= 0.6 is 0 Å². The van der Waals surface area contributed by atoms with Crippen molar-refractivity contribution in [1.29, 1.82) is 0 Å². The molecule has 2 aromatic rings. The molecule has 114 valence electrons. The van der Waals surface area contributed by atoms with Crippen LogP contribution in [0.4, 0.5) is 0 Å². The standard InChI is InChI=1S/C20H22O2/c1-3-9-17-15(7-1)13-19(17)21-11-5-6-12-22-20-14-16-8-2-4-10-18(16)20/h1-4,7-10,19-20H,5-6,11-14H2. The quantitative estimate of drug-likeness (QED) is 0.705. The third-order valence-electron chi connectivity index (χ3n) is 4.79. The summed E-state index contributed by atoms with van der Waals surface area (Å²) in [6.45, 7) is 1.67. The molecule has 2 aliphatic rings. The van der Waals surface area contributed by atoms with Crippen molar-refractivity contribution in [1.82, 2.24) is 0 Å². The Morgan fingerprint density at radius 2 is 1.14 bits per heavy atom. The van der Waals surface area contributed by atoms with E-state index in [0.29, 0.717) is 12.2 Å². The fourth-order valence-electron chi connectivity index (χ4n) is 3.38. The summed E-state index contributed by atoms with van der Waals surface area (Å²) in [7, 11) is 0. The molecule has 2 heteroatoms. The Kier molecular flexibility index (Phi) is 3.96. The first-order valence-electron chi connectivity index (χ1n) is 8.30. The van der Waals surface area contributed by atoms with Crippen LogP contribution in [0.25, 0.3) is 0 Å². The summed E-state index contributed by atoms with van der Waals surface area (Å²) >= 11 is 0. The van der Waals surface area contributed by atoms with Crippen LogP contribution < -0.4 is 0 Å². The van der Waals surface area contributed by atoms with Crippen molar-refractivity contribution in [2.24, 2.45) is 0 Å². The van der Waals surface area contributed by atoms with E-state index < -0.39 is 0 Å². The second-order valence-corrected chi connectivity index (χ2v) is 6.23. The van der Waals surface area contributed by atoms with E-state index in [9.17, 15) is 0 Å². The molecule has 0 fully saturated rings. The predicted molar refractivity (Wildman–Crippen MR) is 86.9 cm³/mol. The van der Waals surface area contributed by atoms with Crippen molar-refractivity contribution in [2.75, 3.05) is 13.2 Å². The zero-order chi connectivity index (χ0) is 14.8. The van der Waals surface area contributed by atoms with Gasteiger partial charge in [0, 0.05) is 26.1 Å². The van der Waals surface area contributed by atoms with E-state index in [-0.39, 0.29) is 0 Å². The summed E-state index contributed by atoms with van der Waals surface area (Å²) in [5, 5.41) is 0. The van der Waals surface area contributed by atoms with Gasteiger partial charge in [-0.05, 0) is 35.1 Å². The van der Waals surface area contributed by atoms with Crippen molar-refractivity contribution in [3.63, 3.8) is 0 Å². The van der Waals surface area contributed by atoms with E-state index >= 15 is 0 Å². The van der Waals surface area contributed by atoms with Crippen LogP contribution in [-0.2, 0) is 22.3 Å². The molecule has 0 N–H and O–H groups in total. The zero-order valence-corrected chi connectivity index (χ0v) is 12.8. The highest BCUT2D eigenvalue weighted by atomic mass is 16.5. The third kappa shape index (κ3) is 2.69. The smallest absolute Gasteiger partial charge is 0.0868 e. The number of ether oxygens (including phenoxy) is 2. The maximum Gasteiger partial charge on any atom is 0.0868 e. The molecule has 2 aromatic carbocycles. The minimum atomic E-state index is 0.329. The van der Waals surface area contributed by atoms with E-state index in [0.717, 1.165) is 38.9 Å². The molecular formula is C20H22O2. The summed E-state index contributed by atoms with van der Waals surface area (Å²) < 4.78 is 11.9. The van der Waals surface area contributed by atoms with Crippen molar-refractivity contribution in [3.8, 4) is 0 Å². The maximum atomic E-state index is 5.95. The molecule has 0 saturated carbocycles. The van der Waals surface area contributed by atoms with Gasteiger partial charge in [-0.2, -0.15) is 0 Å². The number of unbranched alkanes of at least 4 members (excludes halogenated alkanes) is 1. The minimum absolute atomic E-state index is 0.329. The summed E-state index contributed by atoms with van der Waals surface area (Å²) in [6.07, 6.45) is 4.96. The SMILES string of the molecule is c1ccc2c(c1)CC2OCCCCOC1Cc2ccccc21. The summed E-state index contributed by atoms with van der Waals surface area (Å²) in [5.41, 5.74) is 5.65. The van der Waals surface area contributed by atoms with Crippen molar-refractivity contribution >= 4 is 0 Å². The average molecular weight is 294 g/mol. The lowest BCUT2D eigenvalue weighted by molar-refractivity contribution is 0.0141. The Hall–Kier alpha value is -1.64. The van der Waals surface area contributed by atoms with Crippen LogP contribution in [0, 0.1) is 0 Å². The zero-order valence-electron chi connectivity index (χ0n) is 12.8. The molecule has 2 nitrogen and oxygen atoms in total. The van der Waals surface area contributed by atoms with Gasteiger partial charge >= 0.3 is 0 Å². The van der Waals surface area contributed by atoms with Crippen molar-refractivity contribution in [2.45, 2.75) is 37.9 Å². The number of benzene rings is 2. The van der Waals surface area contributed by atoms with Crippen LogP contribution in [0.5, 0.6) is 0 Å². The minimum Gasteiger partial charge on any atom is -0.373 e. The summed E-state index contributed by atoms with van der Waals surface area (Å²) in [4.78, 5) is 0. The average Bonchev–Trinajstić information content (AvgIpc) is 2.51. The number of rotatable bonds is 7. The van der Waals surface area contributed by atoms with E-state index in [1.165, 1.54) is 22.3 Å². The molecule has 0 spiro atoms. The molecular weight excluding hydrogens is 272 g/mol. The van der Waals surface area contributed by atoms with Gasteiger partial charge < -0.3 is 9.47 Å². The summed E-state index contributed by atoms with van der Waals surface area (Å²) in [6, 6.07) is 17.1. The Morgan fingerprint density at radius 3 is 1.59 bits per heavy atom. The maximum absolute atomic E-state index is 5.95. The summed E-state index contributed by atoms with van der Waals surface area (Å²) in [5.74, 6) is 0. The van der Waals surface area contributed by atoms with Gasteiger partial charge in [0.25, 0.3) is 0 Å². The number of hydrogen-bond acceptors (Lipinski definition) is 2. The lowest BCUT2D eigenvalue weighted by Crippen LogP contribution is -2.21. The lowest BCUT2D eigenvalue weighted by Gasteiger charge is -2.30. The molecule has 22 heavy (non-hydrogen) atoms.